The van der Waals surface area contributed by atoms with Gasteiger partial charge in [0.05, 0.1) is 11.6 Å². The monoisotopic (exact) mass is 252 g/mol. The third kappa shape index (κ3) is 1.65. The molecule has 1 aromatic heterocycles. The normalized spacial score (nSPS) is 10.1. The van der Waals surface area contributed by atoms with Gasteiger partial charge >= 0.3 is 0 Å². The van der Waals surface area contributed by atoms with Crippen LogP contribution in [0.3, 0.4) is 0 Å². The molecule has 0 aliphatic heterocycles. The standard InChI is InChI=1S/C10H9BrN2O/c1-14-9-3-2-7(6-8(9)11)10-12-4-5-13-10/h2-6H,1H3,(H,12,13). The average molecular weight is 253 g/mol. The first kappa shape index (κ1) is 9.27. The van der Waals surface area contributed by atoms with E-state index in [1.807, 2.05) is 18.2 Å². The number of aromatic amines is 1. The molecule has 1 heterocycles. The highest BCUT2D eigenvalue weighted by Gasteiger charge is 2.04. The zero-order chi connectivity index (χ0) is 9.97. The van der Waals surface area contributed by atoms with Gasteiger partial charge in [0.25, 0.3) is 0 Å². The topological polar surface area (TPSA) is 37.9 Å². The van der Waals surface area contributed by atoms with Crippen molar-refractivity contribution in [3.05, 3.63) is 35.1 Å². The molecule has 0 bridgehead atoms. The first-order chi connectivity index (χ1) is 6.81. The molecule has 0 atom stereocenters. The lowest BCUT2D eigenvalue weighted by Crippen LogP contribution is -1.86. The molecule has 0 aliphatic rings. The largest absolute Gasteiger partial charge is 0.496 e. The SMILES string of the molecule is COc1ccc(-c2ncc[nH]2)cc1Br. The number of rotatable bonds is 2. The summed E-state index contributed by atoms with van der Waals surface area (Å²) < 4.78 is 6.06. The first-order valence-corrected chi connectivity index (χ1v) is 4.94. The highest BCUT2D eigenvalue weighted by Crippen LogP contribution is 2.28. The Morgan fingerprint density at radius 3 is 2.86 bits per heavy atom. The van der Waals surface area contributed by atoms with Crippen molar-refractivity contribution in [2.45, 2.75) is 0 Å². The maximum Gasteiger partial charge on any atom is 0.137 e. The van der Waals surface area contributed by atoms with Crippen molar-refractivity contribution in [1.29, 1.82) is 0 Å². The lowest BCUT2D eigenvalue weighted by Gasteiger charge is -2.04. The smallest absolute Gasteiger partial charge is 0.137 e. The maximum absolute atomic E-state index is 5.14. The highest BCUT2D eigenvalue weighted by atomic mass is 79.9. The molecule has 0 radical (unpaired) electrons. The van der Waals surface area contributed by atoms with Crippen LogP contribution in [0.15, 0.2) is 35.1 Å². The Balaban J connectivity index is 2.43. The Morgan fingerprint density at radius 1 is 1.43 bits per heavy atom. The van der Waals surface area contributed by atoms with Crippen molar-refractivity contribution in [2.75, 3.05) is 7.11 Å². The van der Waals surface area contributed by atoms with E-state index in [9.17, 15) is 0 Å². The number of aromatic nitrogens is 2. The molecule has 2 rings (SSSR count). The predicted molar refractivity (Wildman–Crippen MR) is 58.3 cm³/mol. The molecule has 14 heavy (non-hydrogen) atoms. The third-order valence-corrected chi connectivity index (χ3v) is 2.54. The molecular weight excluding hydrogens is 244 g/mol. The molecule has 0 aliphatic carbocycles. The number of hydrogen-bond acceptors (Lipinski definition) is 2. The van der Waals surface area contributed by atoms with E-state index in [4.69, 9.17) is 4.74 Å². The van der Waals surface area contributed by atoms with Crippen LogP contribution < -0.4 is 4.74 Å². The van der Waals surface area contributed by atoms with E-state index < -0.39 is 0 Å². The van der Waals surface area contributed by atoms with Crippen molar-refractivity contribution < 1.29 is 4.74 Å². The van der Waals surface area contributed by atoms with Crippen molar-refractivity contribution in [3.8, 4) is 17.1 Å². The number of nitrogens with zero attached hydrogens (tertiary/aromatic N) is 1. The van der Waals surface area contributed by atoms with Crippen LogP contribution in [0.25, 0.3) is 11.4 Å². The van der Waals surface area contributed by atoms with Gasteiger partial charge in [0, 0.05) is 18.0 Å². The van der Waals surface area contributed by atoms with Gasteiger partial charge in [-0.2, -0.15) is 0 Å². The van der Waals surface area contributed by atoms with Gasteiger partial charge in [-0.05, 0) is 34.1 Å². The second-order valence-electron chi connectivity index (χ2n) is 2.79. The summed E-state index contributed by atoms with van der Waals surface area (Å²) in [6.45, 7) is 0. The minimum atomic E-state index is 0.820. The van der Waals surface area contributed by atoms with Crippen molar-refractivity contribution in [3.63, 3.8) is 0 Å². The molecule has 0 unspecified atom stereocenters. The van der Waals surface area contributed by atoms with E-state index in [-0.39, 0.29) is 0 Å². The minimum Gasteiger partial charge on any atom is -0.496 e. The molecule has 0 saturated heterocycles. The molecule has 3 nitrogen and oxygen atoms in total. The highest BCUT2D eigenvalue weighted by molar-refractivity contribution is 9.10. The van der Waals surface area contributed by atoms with Crippen LogP contribution in [0.4, 0.5) is 0 Å². The van der Waals surface area contributed by atoms with E-state index in [2.05, 4.69) is 25.9 Å². The van der Waals surface area contributed by atoms with Crippen LogP contribution in [0, 0.1) is 0 Å². The summed E-state index contributed by atoms with van der Waals surface area (Å²) in [5.74, 6) is 1.67. The van der Waals surface area contributed by atoms with E-state index in [1.165, 1.54) is 0 Å². The van der Waals surface area contributed by atoms with E-state index in [0.717, 1.165) is 21.6 Å². The molecular formula is C10H9BrN2O. The number of H-pyrrole nitrogens is 1. The molecule has 1 N–H and O–H groups in total. The van der Waals surface area contributed by atoms with Gasteiger partial charge in [0.1, 0.15) is 11.6 Å². The van der Waals surface area contributed by atoms with Gasteiger partial charge < -0.3 is 9.72 Å². The van der Waals surface area contributed by atoms with Crippen molar-refractivity contribution in [1.82, 2.24) is 9.97 Å². The summed E-state index contributed by atoms with van der Waals surface area (Å²) in [7, 11) is 1.65. The Bertz CT molecular complexity index is 426. The van der Waals surface area contributed by atoms with E-state index >= 15 is 0 Å². The number of methoxy groups -OCH3 is 1. The van der Waals surface area contributed by atoms with Gasteiger partial charge in [-0.15, -0.1) is 0 Å². The summed E-state index contributed by atoms with van der Waals surface area (Å²) in [5.41, 5.74) is 1.03. The van der Waals surface area contributed by atoms with Gasteiger partial charge in [-0.1, -0.05) is 0 Å². The first-order valence-electron chi connectivity index (χ1n) is 4.14. The fourth-order valence-corrected chi connectivity index (χ4v) is 1.78. The summed E-state index contributed by atoms with van der Waals surface area (Å²) in [6.07, 6.45) is 3.53. The number of halogens is 1. The summed E-state index contributed by atoms with van der Waals surface area (Å²) in [5, 5.41) is 0. The van der Waals surface area contributed by atoms with Gasteiger partial charge in [-0.25, -0.2) is 4.98 Å². The predicted octanol–water partition coefficient (Wildman–Crippen LogP) is 2.85. The van der Waals surface area contributed by atoms with Crippen molar-refractivity contribution >= 4 is 15.9 Å². The van der Waals surface area contributed by atoms with Gasteiger partial charge in [0.2, 0.25) is 0 Å². The fourth-order valence-electron chi connectivity index (χ4n) is 1.24. The Hall–Kier alpha value is -1.29. The Morgan fingerprint density at radius 2 is 2.29 bits per heavy atom. The second kappa shape index (κ2) is 3.84. The minimum absolute atomic E-state index is 0.820. The van der Waals surface area contributed by atoms with Crippen LogP contribution in [-0.4, -0.2) is 17.1 Å². The van der Waals surface area contributed by atoms with Crippen LogP contribution in [-0.2, 0) is 0 Å². The zero-order valence-electron chi connectivity index (χ0n) is 7.62. The molecule has 0 saturated carbocycles. The summed E-state index contributed by atoms with van der Waals surface area (Å²) in [6, 6.07) is 5.84. The molecule has 4 heteroatoms. The third-order valence-electron chi connectivity index (χ3n) is 1.92. The van der Waals surface area contributed by atoms with Gasteiger partial charge in [-0.3, -0.25) is 0 Å². The molecule has 1 aromatic carbocycles. The Labute approximate surface area is 90.3 Å². The molecule has 0 spiro atoms. The molecule has 2 aromatic rings. The number of ether oxygens (including phenoxy) is 1. The molecule has 72 valence electrons. The molecule has 0 amide bonds. The second-order valence-corrected chi connectivity index (χ2v) is 3.64. The van der Waals surface area contributed by atoms with E-state index in [0.29, 0.717) is 0 Å². The lowest BCUT2D eigenvalue weighted by atomic mass is 10.2. The quantitative estimate of drug-likeness (QED) is 0.893. The molecule has 0 fully saturated rings. The fraction of sp³-hybridized carbons (Fsp3) is 0.100. The lowest BCUT2D eigenvalue weighted by molar-refractivity contribution is 0.412. The average Bonchev–Trinajstić information content (AvgIpc) is 2.70. The maximum atomic E-state index is 5.14. The Kier molecular flexibility index (Phi) is 2.54. The van der Waals surface area contributed by atoms with Crippen molar-refractivity contribution in [2.24, 2.45) is 0 Å². The zero-order valence-corrected chi connectivity index (χ0v) is 9.21. The summed E-state index contributed by atoms with van der Waals surface area (Å²) >= 11 is 3.43. The van der Waals surface area contributed by atoms with Crippen LogP contribution in [0.1, 0.15) is 0 Å². The van der Waals surface area contributed by atoms with Gasteiger partial charge in [0.15, 0.2) is 0 Å². The number of hydrogen-bond donors (Lipinski definition) is 1. The van der Waals surface area contributed by atoms with Crippen LogP contribution in [0.5, 0.6) is 5.75 Å². The van der Waals surface area contributed by atoms with Crippen LogP contribution >= 0.6 is 15.9 Å². The van der Waals surface area contributed by atoms with Crippen LogP contribution in [0.2, 0.25) is 0 Å². The number of nitrogens with one attached hydrogen (secondary N) is 1. The number of imidazole rings is 1. The number of benzene rings is 1. The van der Waals surface area contributed by atoms with E-state index in [1.54, 1.807) is 19.5 Å². The summed E-state index contributed by atoms with van der Waals surface area (Å²) in [4.78, 5) is 7.21.